The van der Waals surface area contributed by atoms with Crippen molar-refractivity contribution >= 4 is 41.5 Å². The van der Waals surface area contributed by atoms with Crippen LogP contribution in [0.3, 0.4) is 0 Å². The van der Waals surface area contributed by atoms with Gasteiger partial charge in [-0.3, -0.25) is 0 Å². The van der Waals surface area contributed by atoms with Gasteiger partial charge in [-0.05, 0) is 0 Å². The zero-order valence-electron chi connectivity index (χ0n) is 6.58. The van der Waals surface area contributed by atoms with Crippen molar-refractivity contribution in [3.8, 4) is 0 Å². The van der Waals surface area contributed by atoms with Crippen molar-refractivity contribution < 1.29 is 22.4 Å². The van der Waals surface area contributed by atoms with Crippen molar-refractivity contribution in [1.82, 2.24) is 0 Å². The van der Waals surface area contributed by atoms with E-state index < -0.39 is 0 Å². The molecule has 0 spiro atoms. The molecule has 2 aromatic heterocycles. The Kier molecular flexibility index (Phi) is 14.9. The Morgan fingerprint density at radius 3 is 1.33 bits per heavy atom. The normalized spacial score (nSPS) is 6.67. The Bertz CT molecular complexity index is 156. The van der Waals surface area contributed by atoms with Gasteiger partial charge in [0, 0.05) is 41.2 Å². The number of thiophene rings is 2. The van der Waals surface area contributed by atoms with Crippen LogP contribution in [0, 0.1) is 10.8 Å². The number of rotatable bonds is 0. The summed E-state index contributed by atoms with van der Waals surface area (Å²) >= 11 is 3.18. The molecule has 0 saturated heterocycles. The molecule has 0 aliphatic heterocycles. The monoisotopic (exact) mass is 370 g/mol. The Balaban J connectivity index is 0. The molecule has 0 saturated carbocycles. The molecule has 4 heteroatoms. The smallest absolute Gasteiger partial charge is 0 e. The molecule has 0 unspecified atom stereocenters. The van der Waals surface area contributed by atoms with Crippen LogP contribution >= 0.6 is 22.7 Å². The Labute approximate surface area is 109 Å². The topological polar surface area (TPSA) is 0 Å². The molecule has 0 fully saturated rings. The predicted molar refractivity (Wildman–Crippen MR) is 52.1 cm³/mol. The molecule has 2 rings (SSSR count). The molecular weight excluding hydrogens is 364 g/mol. The molecule has 64 valence electrons. The summed E-state index contributed by atoms with van der Waals surface area (Å²) in [6.45, 7) is 0. The van der Waals surface area contributed by atoms with E-state index in [0.29, 0.717) is 0 Å². The minimum absolute atomic E-state index is 0. The fourth-order valence-corrected chi connectivity index (χ4v) is 1.18. The van der Waals surface area contributed by atoms with Gasteiger partial charge in [0.15, 0.2) is 0 Å². The van der Waals surface area contributed by atoms with Gasteiger partial charge in [0.2, 0.25) is 0 Å². The van der Waals surface area contributed by atoms with Crippen molar-refractivity contribution in [3.63, 3.8) is 0 Å². The van der Waals surface area contributed by atoms with E-state index in [1.165, 1.54) is 0 Å². The second-order valence-corrected chi connectivity index (χ2v) is 2.95. The molecule has 0 aromatic carbocycles. The minimum atomic E-state index is 0. The third-order valence-corrected chi connectivity index (χ3v) is 1.89. The molecule has 0 nitrogen and oxygen atoms in total. The van der Waals surface area contributed by atoms with Crippen LogP contribution in [0.2, 0.25) is 0 Å². The fourth-order valence-electron chi connectivity index (χ4n) is 0.393. The summed E-state index contributed by atoms with van der Waals surface area (Å²) < 4.78 is 0. The van der Waals surface area contributed by atoms with Crippen LogP contribution in [0.15, 0.2) is 35.0 Å². The van der Waals surface area contributed by atoms with Crippen LogP contribution in [0.4, 0.5) is 0 Å². The molecule has 0 N–H and O–H groups in total. The standard InChI is InChI=1S/2C4H3S.Au.Li/c2*1-2-4-5-3-1;;/h2*1-3H;;/q2*-1;;. The van der Waals surface area contributed by atoms with Crippen molar-refractivity contribution in [2.75, 3.05) is 0 Å². The zero-order valence-corrected chi connectivity index (χ0v) is 10.4. The Hall–Kier alpha value is 0.738. The third kappa shape index (κ3) is 8.83. The number of hydrogen-bond donors (Lipinski definition) is 0. The maximum absolute atomic E-state index is 2.90. The van der Waals surface area contributed by atoms with Gasteiger partial charge in [-0.2, -0.15) is 22.9 Å². The van der Waals surface area contributed by atoms with Gasteiger partial charge in [0.1, 0.15) is 0 Å². The van der Waals surface area contributed by atoms with E-state index in [-0.39, 0.29) is 41.2 Å². The van der Waals surface area contributed by atoms with Crippen molar-refractivity contribution in [2.45, 2.75) is 0 Å². The SMILES string of the molecule is [Au].[Li].[c-]1cccs1.[c-]1cccs1. The molecular formula is C8H6AuLiS2-2. The van der Waals surface area contributed by atoms with E-state index >= 15 is 0 Å². The molecule has 0 amide bonds. The quantitative estimate of drug-likeness (QED) is 0.494. The molecule has 0 atom stereocenters. The Morgan fingerprint density at radius 2 is 1.25 bits per heavy atom. The average molecular weight is 370 g/mol. The van der Waals surface area contributed by atoms with Crippen LogP contribution < -0.4 is 0 Å². The first-order valence-electron chi connectivity index (χ1n) is 2.79. The second-order valence-electron chi connectivity index (χ2n) is 1.46. The first-order chi connectivity index (χ1) is 5.00. The predicted octanol–water partition coefficient (Wildman–Crippen LogP) is 2.71. The summed E-state index contributed by atoms with van der Waals surface area (Å²) in [5.74, 6) is 0. The second kappa shape index (κ2) is 11.7. The number of hydrogen-bond acceptors (Lipinski definition) is 2. The van der Waals surface area contributed by atoms with E-state index in [4.69, 9.17) is 0 Å². The van der Waals surface area contributed by atoms with Crippen molar-refractivity contribution in [2.24, 2.45) is 0 Å². The van der Waals surface area contributed by atoms with Crippen LogP contribution in [-0.2, 0) is 22.4 Å². The zero-order chi connectivity index (χ0) is 7.07. The van der Waals surface area contributed by atoms with Gasteiger partial charge < -0.3 is 22.7 Å². The van der Waals surface area contributed by atoms with Crippen molar-refractivity contribution in [1.29, 1.82) is 0 Å². The summed E-state index contributed by atoms with van der Waals surface area (Å²) in [5, 5.41) is 9.78. The van der Waals surface area contributed by atoms with Crippen LogP contribution in [0.25, 0.3) is 0 Å². The molecule has 2 aromatic rings. The Morgan fingerprint density at radius 1 is 0.833 bits per heavy atom. The van der Waals surface area contributed by atoms with Gasteiger partial charge in [0.25, 0.3) is 0 Å². The summed E-state index contributed by atoms with van der Waals surface area (Å²) in [7, 11) is 0. The van der Waals surface area contributed by atoms with E-state index in [9.17, 15) is 0 Å². The van der Waals surface area contributed by atoms with Crippen LogP contribution in [0.5, 0.6) is 0 Å². The molecule has 2 heterocycles. The van der Waals surface area contributed by atoms with E-state index in [2.05, 4.69) is 10.8 Å². The average Bonchev–Trinajstić information content (AvgIpc) is 2.67. The van der Waals surface area contributed by atoms with Crippen molar-refractivity contribution in [3.05, 3.63) is 45.8 Å². The van der Waals surface area contributed by atoms with Gasteiger partial charge in [-0.1, -0.05) is 0 Å². The van der Waals surface area contributed by atoms with E-state index in [1.54, 1.807) is 22.7 Å². The van der Waals surface area contributed by atoms with E-state index in [1.807, 2.05) is 35.0 Å². The maximum atomic E-state index is 2.90. The first kappa shape index (κ1) is 15.2. The van der Waals surface area contributed by atoms with Gasteiger partial charge in [-0.25, -0.2) is 12.1 Å². The third-order valence-electron chi connectivity index (χ3n) is 0.758. The van der Waals surface area contributed by atoms with Crippen LogP contribution in [0.1, 0.15) is 0 Å². The summed E-state index contributed by atoms with van der Waals surface area (Å²) in [5.41, 5.74) is 0. The maximum Gasteiger partial charge on any atom is 0 e. The molecule has 2 radical (unpaired) electrons. The van der Waals surface area contributed by atoms with Gasteiger partial charge in [0.05, 0.1) is 0 Å². The largest absolute Gasteiger partial charge is 0.304 e. The summed E-state index contributed by atoms with van der Waals surface area (Å²) in [4.78, 5) is 0. The fraction of sp³-hybridized carbons (Fsp3) is 0. The first-order valence-corrected chi connectivity index (χ1v) is 4.55. The summed E-state index contributed by atoms with van der Waals surface area (Å²) in [6.07, 6.45) is 0. The minimum Gasteiger partial charge on any atom is -0.304 e. The molecule has 0 bridgehead atoms. The van der Waals surface area contributed by atoms with Crippen LogP contribution in [-0.4, -0.2) is 18.9 Å². The molecule has 0 aliphatic carbocycles. The molecule has 12 heavy (non-hydrogen) atoms. The van der Waals surface area contributed by atoms with E-state index in [0.717, 1.165) is 0 Å². The van der Waals surface area contributed by atoms with Gasteiger partial charge in [-0.15, -0.1) is 10.8 Å². The molecule has 0 aliphatic rings. The van der Waals surface area contributed by atoms with Gasteiger partial charge >= 0.3 is 0 Å². The summed E-state index contributed by atoms with van der Waals surface area (Å²) in [6, 6.07) is 7.71.